The van der Waals surface area contributed by atoms with Crippen LogP contribution in [0.4, 0.5) is 5.69 Å². The van der Waals surface area contributed by atoms with E-state index in [-0.39, 0.29) is 12.0 Å². The Morgan fingerprint density at radius 2 is 1.76 bits per heavy atom. The highest BCUT2D eigenvalue weighted by molar-refractivity contribution is 6.22. The smallest absolute Gasteiger partial charge is 0.263 e. The van der Waals surface area contributed by atoms with Gasteiger partial charge in [-0.3, -0.25) is 9.69 Å². The summed E-state index contributed by atoms with van der Waals surface area (Å²) in [7, 11) is 1.63. The van der Waals surface area contributed by atoms with Crippen LogP contribution >= 0.6 is 0 Å². The van der Waals surface area contributed by atoms with Crippen LogP contribution in [0, 0.1) is 0 Å². The Morgan fingerprint density at radius 3 is 2.44 bits per heavy atom. The lowest BCUT2D eigenvalue weighted by atomic mass is 10.1. The Morgan fingerprint density at radius 1 is 1.04 bits per heavy atom. The molecule has 0 aromatic heterocycles. The Kier molecular flexibility index (Phi) is 3.96. The van der Waals surface area contributed by atoms with Crippen molar-refractivity contribution in [3.63, 3.8) is 0 Å². The number of benzene rings is 2. The number of fused-ring (bicyclic) bond motifs is 1. The minimum Gasteiger partial charge on any atom is -0.493 e. The third kappa shape index (κ3) is 2.68. The summed E-state index contributed by atoms with van der Waals surface area (Å²) in [5.41, 5.74) is 3.00. The van der Waals surface area contributed by atoms with Gasteiger partial charge in [0.05, 0.1) is 24.6 Å². The van der Waals surface area contributed by atoms with E-state index in [4.69, 9.17) is 9.47 Å². The molecule has 1 fully saturated rings. The van der Waals surface area contributed by atoms with Crippen LogP contribution < -0.4 is 14.4 Å². The summed E-state index contributed by atoms with van der Waals surface area (Å²) in [5, 5.41) is 0. The summed E-state index contributed by atoms with van der Waals surface area (Å²) in [4.78, 5) is 14.5. The first-order valence-corrected chi connectivity index (χ1v) is 8.66. The summed E-state index contributed by atoms with van der Waals surface area (Å²) >= 11 is 0. The first-order chi connectivity index (χ1) is 12.2. The highest BCUT2D eigenvalue weighted by Gasteiger charge is 2.32. The monoisotopic (exact) mass is 335 g/mol. The Balaban J connectivity index is 1.69. The van der Waals surface area contributed by atoms with E-state index < -0.39 is 0 Å². The molecule has 0 unspecified atom stereocenters. The average molecular weight is 335 g/mol. The lowest BCUT2D eigenvalue weighted by Crippen LogP contribution is -2.22. The highest BCUT2D eigenvalue weighted by Crippen LogP contribution is 2.40. The van der Waals surface area contributed by atoms with Crippen LogP contribution in [0.3, 0.4) is 0 Å². The molecule has 1 amide bonds. The number of anilines is 1. The van der Waals surface area contributed by atoms with E-state index >= 15 is 0 Å². The molecule has 128 valence electrons. The Bertz CT molecular complexity index is 802. The standard InChI is InChI=1S/C21H21NO3/c1-14-17-9-5-6-10-18(17)21(23)22(14)15-11-12-19(24-2)20(13-15)25-16-7-3-4-8-16/h5-6,9-13,16H,1,3-4,7-8H2,2H3. The molecule has 0 spiro atoms. The van der Waals surface area contributed by atoms with Gasteiger partial charge in [0.15, 0.2) is 11.5 Å². The lowest BCUT2D eigenvalue weighted by Gasteiger charge is -2.21. The van der Waals surface area contributed by atoms with Crippen molar-refractivity contribution in [3.8, 4) is 11.5 Å². The van der Waals surface area contributed by atoms with Crippen molar-refractivity contribution in [2.75, 3.05) is 12.0 Å². The fraction of sp³-hybridized carbons (Fsp3) is 0.286. The van der Waals surface area contributed by atoms with E-state index in [0.717, 1.165) is 24.1 Å². The minimum absolute atomic E-state index is 0.0578. The maximum atomic E-state index is 12.8. The van der Waals surface area contributed by atoms with Gasteiger partial charge in [-0.05, 0) is 43.9 Å². The summed E-state index contributed by atoms with van der Waals surface area (Å²) in [5.74, 6) is 1.31. The van der Waals surface area contributed by atoms with Crippen molar-refractivity contribution in [3.05, 3.63) is 60.2 Å². The van der Waals surface area contributed by atoms with Gasteiger partial charge in [0.25, 0.3) is 5.91 Å². The number of methoxy groups -OCH3 is 1. The molecule has 2 aromatic carbocycles. The van der Waals surface area contributed by atoms with Crippen LogP contribution in [-0.4, -0.2) is 19.1 Å². The van der Waals surface area contributed by atoms with Crippen molar-refractivity contribution in [2.24, 2.45) is 0 Å². The van der Waals surface area contributed by atoms with Crippen LogP contribution in [0.25, 0.3) is 5.70 Å². The number of nitrogens with zero attached hydrogens (tertiary/aromatic N) is 1. The number of ether oxygens (including phenoxy) is 2. The predicted molar refractivity (Wildman–Crippen MR) is 98.2 cm³/mol. The molecule has 1 saturated carbocycles. The van der Waals surface area contributed by atoms with E-state index in [9.17, 15) is 4.79 Å². The summed E-state index contributed by atoms with van der Waals surface area (Å²) in [6, 6.07) is 13.2. The molecule has 1 aliphatic heterocycles. The molecule has 25 heavy (non-hydrogen) atoms. The van der Waals surface area contributed by atoms with E-state index in [0.29, 0.717) is 22.8 Å². The van der Waals surface area contributed by atoms with Gasteiger partial charge in [0.2, 0.25) is 0 Å². The second-order valence-electron chi connectivity index (χ2n) is 6.49. The number of amides is 1. The summed E-state index contributed by atoms with van der Waals surface area (Å²) < 4.78 is 11.6. The largest absolute Gasteiger partial charge is 0.493 e. The molecule has 0 atom stereocenters. The molecule has 4 nitrogen and oxygen atoms in total. The van der Waals surface area contributed by atoms with E-state index in [1.54, 1.807) is 12.0 Å². The normalized spacial score (nSPS) is 17.1. The van der Waals surface area contributed by atoms with Crippen molar-refractivity contribution in [1.82, 2.24) is 0 Å². The quantitative estimate of drug-likeness (QED) is 0.816. The van der Waals surface area contributed by atoms with Gasteiger partial charge in [-0.25, -0.2) is 0 Å². The lowest BCUT2D eigenvalue weighted by molar-refractivity contribution is 0.101. The zero-order chi connectivity index (χ0) is 17.4. The zero-order valence-electron chi connectivity index (χ0n) is 14.3. The van der Waals surface area contributed by atoms with Gasteiger partial charge in [0, 0.05) is 17.2 Å². The average Bonchev–Trinajstić information content (AvgIpc) is 3.23. The number of hydrogen-bond donors (Lipinski definition) is 0. The topological polar surface area (TPSA) is 38.8 Å². The first kappa shape index (κ1) is 15.8. The van der Waals surface area contributed by atoms with Crippen molar-refractivity contribution in [1.29, 1.82) is 0 Å². The second-order valence-corrected chi connectivity index (χ2v) is 6.49. The second kappa shape index (κ2) is 6.28. The maximum Gasteiger partial charge on any atom is 0.263 e. The fourth-order valence-corrected chi connectivity index (χ4v) is 3.64. The van der Waals surface area contributed by atoms with E-state index in [1.807, 2.05) is 42.5 Å². The molecule has 4 heteroatoms. The molecule has 2 aliphatic rings. The van der Waals surface area contributed by atoms with Gasteiger partial charge >= 0.3 is 0 Å². The molecule has 1 heterocycles. The van der Waals surface area contributed by atoms with Crippen LogP contribution in [0.5, 0.6) is 11.5 Å². The molecule has 0 bridgehead atoms. The third-order valence-electron chi connectivity index (χ3n) is 4.94. The third-order valence-corrected chi connectivity index (χ3v) is 4.94. The zero-order valence-corrected chi connectivity index (χ0v) is 14.3. The minimum atomic E-state index is -0.0578. The molecule has 0 radical (unpaired) electrons. The predicted octanol–water partition coefficient (Wildman–Crippen LogP) is 4.65. The summed E-state index contributed by atoms with van der Waals surface area (Å²) in [6.07, 6.45) is 4.74. The molecular formula is C21H21NO3. The van der Waals surface area contributed by atoms with Crippen LogP contribution in [0.15, 0.2) is 49.0 Å². The van der Waals surface area contributed by atoms with Gasteiger partial charge < -0.3 is 9.47 Å². The van der Waals surface area contributed by atoms with E-state index in [1.165, 1.54) is 12.8 Å². The Labute approximate surface area is 147 Å². The fourth-order valence-electron chi connectivity index (χ4n) is 3.64. The molecule has 4 rings (SSSR count). The number of carbonyl (C=O) groups excluding carboxylic acids is 1. The number of hydrogen-bond acceptors (Lipinski definition) is 3. The number of rotatable bonds is 4. The molecule has 0 N–H and O–H groups in total. The van der Waals surface area contributed by atoms with Crippen molar-refractivity contribution in [2.45, 2.75) is 31.8 Å². The summed E-state index contributed by atoms with van der Waals surface area (Å²) in [6.45, 7) is 4.11. The van der Waals surface area contributed by atoms with Gasteiger partial charge in [0.1, 0.15) is 0 Å². The molecule has 0 saturated heterocycles. The van der Waals surface area contributed by atoms with Crippen molar-refractivity contribution >= 4 is 17.3 Å². The van der Waals surface area contributed by atoms with Crippen molar-refractivity contribution < 1.29 is 14.3 Å². The van der Waals surface area contributed by atoms with Gasteiger partial charge in [-0.15, -0.1) is 0 Å². The first-order valence-electron chi connectivity index (χ1n) is 8.66. The molecule has 1 aliphatic carbocycles. The van der Waals surface area contributed by atoms with Gasteiger partial charge in [-0.1, -0.05) is 24.8 Å². The molecule has 2 aromatic rings. The SMILES string of the molecule is C=C1c2ccccc2C(=O)N1c1ccc(OC)c(OC2CCCC2)c1. The van der Waals surface area contributed by atoms with Crippen LogP contribution in [-0.2, 0) is 0 Å². The molecular weight excluding hydrogens is 314 g/mol. The highest BCUT2D eigenvalue weighted by atomic mass is 16.5. The van der Waals surface area contributed by atoms with Crippen LogP contribution in [0.2, 0.25) is 0 Å². The van der Waals surface area contributed by atoms with Gasteiger partial charge in [-0.2, -0.15) is 0 Å². The van der Waals surface area contributed by atoms with E-state index in [2.05, 4.69) is 6.58 Å². The Hall–Kier alpha value is -2.75. The van der Waals surface area contributed by atoms with Crippen LogP contribution in [0.1, 0.15) is 41.6 Å². The maximum absolute atomic E-state index is 12.8. The number of carbonyl (C=O) groups is 1.